The van der Waals surface area contributed by atoms with Crippen molar-refractivity contribution in [1.82, 2.24) is 15.2 Å². The number of phenolic OH excluding ortho intramolecular Hbond substituents is 1. The van der Waals surface area contributed by atoms with Gasteiger partial charge in [-0.25, -0.2) is 9.37 Å². The molecule has 0 spiro atoms. The summed E-state index contributed by atoms with van der Waals surface area (Å²) in [4.78, 5) is 4.85. The van der Waals surface area contributed by atoms with Crippen molar-refractivity contribution in [2.24, 2.45) is 0 Å². The van der Waals surface area contributed by atoms with Crippen LogP contribution < -0.4 is 0 Å². The summed E-state index contributed by atoms with van der Waals surface area (Å²) in [6, 6.07) is 8.10. The fourth-order valence-corrected chi connectivity index (χ4v) is 4.00. The monoisotopic (exact) mass is 333 g/mol. The second kappa shape index (κ2) is 5.28. The predicted molar refractivity (Wildman–Crippen MR) is 95.1 cm³/mol. The SMILES string of the molecule is Oc1cc(F)cc(-c2nc3ccc4[nH]ncc4c3c3c2CCCC3)c1. The molecule has 2 aromatic heterocycles. The topological polar surface area (TPSA) is 61.8 Å². The van der Waals surface area contributed by atoms with Crippen LogP contribution in [0.4, 0.5) is 4.39 Å². The van der Waals surface area contributed by atoms with E-state index in [1.54, 1.807) is 6.07 Å². The molecular weight excluding hydrogens is 317 g/mol. The number of hydrogen-bond donors (Lipinski definition) is 2. The molecule has 2 heterocycles. The maximum absolute atomic E-state index is 13.8. The number of pyridine rings is 1. The van der Waals surface area contributed by atoms with Gasteiger partial charge in [0, 0.05) is 22.4 Å². The van der Waals surface area contributed by atoms with Crippen LogP contribution in [0, 0.1) is 5.82 Å². The van der Waals surface area contributed by atoms with E-state index in [0.717, 1.165) is 64.8 Å². The molecule has 2 N–H and O–H groups in total. The maximum atomic E-state index is 13.8. The minimum absolute atomic E-state index is 0.0771. The summed E-state index contributed by atoms with van der Waals surface area (Å²) in [5.74, 6) is -0.529. The van der Waals surface area contributed by atoms with E-state index in [-0.39, 0.29) is 5.75 Å². The summed E-state index contributed by atoms with van der Waals surface area (Å²) in [5.41, 5.74) is 5.73. The lowest BCUT2D eigenvalue weighted by molar-refractivity contribution is 0.469. The Morgan fingerprint density at radius 3 is 2.72 bits per heavy atom. The predicted octanol–water partition coefficient (Wildman–Crippen LogP) is 4.50. The van der Waals surface area contributed by atoms with E-state index in [1.165, 1.54) is 11.6 Å². The fraction of sp³-hybridized carbons (Fsp3) is 0.200. The van der Waals surface area contributed by atoms with Crippen molar-refractivity contribution in [3.63, 3.8) is 0 Å². The number of aromatic amines is 1. The molecule has 4 aromatic rings. The van der Waals surface area contributed by atoms with Crippen molar-refractivity contribution in [3.8, 4) is 17.0 Å². The highest BCUT2D eigenvalue weighted by molar-refractivity contribution is 6.07. The molecule has 1 aliphatic rings. The number of aromatic nitrogens is 3. The molecule has 1 aliphatic carbocycles. The van der Waals surface area contributed by atoms with Gasteiger partial charge in [-0.1, -0.05) is 0 Å². The van der Waals surface area contributed by atoms with E-state index < -0.39 is 5.82 Å². The van der Waals surface area contributed by atoms with Crippen LogP contribution in [-0.4, -0.2) is 20.3 Å². The molecule has 0 aliphatic heterocycles. The molecule has 5 heteroatoms. The Morgan fingerprint density at radius 2 is 1.88 bits per heavy atom. The lowest BCUT2D eigenvalue weighted by Crippen LogP contribution is -2.08. The maximum Gasteiger partial charge on any atom is 0.127 e. The highest BCUT2D eigenvalue weighted by atomic mass is 19.1. The normalized spacial score (nSPS) is 14.1. The largest absolute Gasteiger partial charge is 0.508 e. The first-order valence-corrected chi connectivity index (χ1v) is 8.48. The Hall–Kier alpha value is -2.95. The Bertz CT molecular complexity index is 1110. The summed E-state index contributed by atoms with van der Waals surface area (Å²) >= 11 is 0. The molecule has 0 atom stereocenters. The van der Waals surface area contributed by atoms with Crippen LogP contribution in [-0.2, 0) is 12.8 Å². The number of aromatic hydroxyl groups is 1. The smallest absolute Gasteiger partial charge is 0.127 e. The third-order valence-electron chi connectivity index (χ3n) is 5.05. The zero-order valence-electron chi connectivity index (χ0n) is 13.5. The molecule has 4 nitrogen and oxygen atoms in total. The number of halogens is 1. The van der Waals surface area contributed by atoms with E-state index in [0.29, 0.717) is 5.56 Å². The minimum atomic E-state index is -0.452. The number of nitrogens with one attached hydrogen (secondary N) is 1. The second-order valence-corrected chi connectivity index (χ2v) is 6.61. The molecule has 0 bridgehead atoms. The highest BCUT2D eigenvalue weighted by Gasteiger charge is 2.21. The molecule has 5 rings (SSSR count). The number of phenols is 1. The first-order chi connectivity index (χ1) is 12.2. The van der Waals surface area contributed by atoms with Crippen LogP contribution in [0.1, 0.15) is 24.0 Å². The quantitative estimate of drug-likeness (QED) is 0.539. The molecule has 124 valence electrons. The fourth-order valence-electron chi connectivity index (χ4n) is 4.00. The number of nitrogens with zero attached hydrogens (tertiary/aromatic N) is 2. The van der Waals surface area contributed by atoms with Crippen molar-refractivity contribution in [2.45, 2.75) is 25.7 Å². The third kappa shape index (κ3) is 2.19. The first-order valence-electron chi connectivity index (χ1n) is 8.48. The lowest BCUT2D eigenvalue weighted by Gasteiger charge is -2.22. The summed E-state index contributed by atoms with van der Waals surface area (Å²) in [6.45, 7) is 0. The number of rotatable bonds is 1. The van der Waals surface area contributed by atoms with Gasteiger partial charge in [0.25, 0.3) is 0 Å². The van der Waals surface area contributed by atoms with Crippen molar-refractivity contribution < 1.29 is 9.50 Å². The first kappa shape index (κ1) is 14.4. The number of hydrogen-bond acceptors (Lipinski definition) is 3. The van der Waals surface area contributed by atoms with E-state index >= 15 is 0 Å². The van der Waals surface area contributed by atoms with Gasteiger partial charge in [0.15, 0.2) is 0 Å². The molecule has 2 aromatic carbocycles. The second-order valence-electron chi connectivity index (χ2n) is 6.61. The van der Waals surface area contributed by atoms with Gasteiger partial charge in [-0.15, -0.1) is 0 Å². The standard InChI is InChI=1S/C20H16FN3O/c21-12-7-11(8-13(25)9-12)20-15-4-2-1-3-14(15)19-16-10-22-24-17(16)5-6-18(19)23-20/h5-10,25H,1-4H2,(H,22,24). The van der Waals surface area contributed by atoms with Crippen molar-refractivity contribution in [2.75, 3.05) is 0 Å². The van der Waals surface area contributed by atoms with E-state index in [1.807, 2.05) is 18.3 Å². The van der Waals surface area contributed by atoms with Crippen LogP contribution in [0.2, 0.25) is 0 Å². The van der Waals surface area contributed by atoms with E-state index in [9.17, 15) is 9.50 Å². The number of aryl methyl sites for hydroxylation is 1. The van der Waals surface area contributed by atoms with Gasteiger partial charge in [0.05, 0.1) is 22.9 Å². The van der Waals surface area contributed by atoms with Crippen molar-refractivity contribution in [1.29, 1.82) is 0 Å². The van der Waals surface area contributed by atoms with Gasteiger partial charge < -0.3 is 5.11 Å². The van der Waals surface area contributed by atoms with Crippen LogP contribution >= 0.6 is 0 Å². The van der Waals surface area contributed by atoms with Crippen molar-refractivity contribution >= 4 is 21.8 Å². The summed E-state index contributed by atoms with van der Waals surface area (Å²) in [5, 5.41) is 19.2. The Labute approximate surface area is 143 Å². The van der Waals surface area contributed by atoms with Gasteiger partial charge in [-0.05, 0) is 61.1 Å². The van der Waals surface area contributed by atoms with Crippen LogP contribution in [0.15, 0.2) is 36.5 Å². The number of benzene rings is 2. The number of fused-ring (bicyclic) bond motifs is 5. The molecular formula is C20H16FN3O. The lowest BCUT2D eigenvalue weighted by atomic mass is 9.85. The van der Waals surface area contributed by atoms with Crippen molar-refractivity contribution in [3.05, 3.63) is 53.5 Å². The van der Waals surface area contributed by atoms with Crippen LogP contribution in [0.3, 0.4) is 0 Å². The minimum Gasteiger partial charge on any atom is -0.508 e. The Balaban J connectivity index is 1.90. The summed E-state index contributed by atoms with van der Waals surface area (Å²) < 4.78 is 13.8. The molecule has 0 radical (unpaired) electrons. The highest BCUT2D eigenvalue weighted by Crippen LogP contribution is 2.38. The third-order valence-corrected chi connectivity index (χ3v) is 5.05. The van der Waals surface area contributed by atoms with Gasteiger partial charge in [0.2, 0.25) is 0 Å². The molecule has 25 heavy (non-hydrogen) atoms. The van der Waals surface area contributed by atoms with Gasteiger partial charge in [-0.2, -0.15) is 5.10 Å². The molecule has 0 amide bonds. The Kier molecular flexibility index (Phi) is 3.04. The Morgan fingerprint density at radius 1 is 1.04 bits per heavy atom. The summed E-state index contributed by atoms with van der Waals surface area (Å²) in [6.07, 6.45) is 5.97. The van der Waals surface area contributed by atoms with Crippen LogP contribution in [0.5, 0.6) is 5.75 Å². The molecule has 0 saturated heterocycles. The van der Waals surface area contributed by atoms with E-state index in [2.05, 4.69) is 10.2 Å². The zero-order valence-corrected chi connectivity index (χ0v) is 13.5. The average Bonchev–Trinajstić information content (AvgIpc) is 3.08. The average molecular weight is 333 g/mol. The van der Waals surface area contributed by atoms with Crippen LogP contribution in [0.25, 0.3) is 33.1 Å². The zero-order chi connectivity index (χ0) is 17.0. The van der Waals surface area contributed by atoms with E-state index in [4.69, 9.17) is 4.98 Å². The molecule has 0 unspecified atom stereocenters. The van der Waals surface area contributed by atoms with Gasteiger partial charge in [-0.3, -0.25) is 5.10 Å². The van der Waals surface area contributed by atoms with Gasteiger partial charge in [0.1, 0.15) is 11.6 Å². The molecule has 0 fully saturated rings. The number of H-pyrrole nitrogens is 1. The van der Waals surface area contributed by atoms with Gasteiger partial charge >= 0.3 is 0 Å². The molecule has 0 saturated carbocycles. The summed E-state index contributed by atoms with van der Waals surface area (Å²) in [7, 11) is 0.